The number of phenols is 1. The average molecular weight is 298 g/mol. The number of hydrogen-bond donors (Lipinski definition) is 4. The molecule has 0 unspecified atom stereocenters. The Morgan fingerprint density at radius 1 is 1.23 bits per heavy atom. The van der Waals surface area contributed by atoms with E-state index in [4.69, 9.17) is 5.11 Å². The number of rotatable bonds is 3. The number of benzene rings is 1. The zero-order valence-electron chi connectivity index (χ0n) is 12.0. The van der Waals surface area contributed by atoms with Crippen LogP contribution >= 0.6 is 0 Å². The molecule has 3 rings (SSSR count). The number of nitrogens with zero attached hydrogens (tertiary/aromatic N) is 2. The summed E-state index contributed by atoms with van der Waals surface area (Å²) in [5.41, 5.74) is 2.08. The number of aryl methyl sites for hydroxylation is 2. The molecule has 0 atom stereocenters. The molecule has 112 valence electrons. The van der Waals surface area contributed by atoms with E-state index >= 15 is 0 Å². The first kappa shape index (κ1) is 13.9. The normalized spacial score (nSPS) is 10.8. The molecular weight excluding hydrogens is 284 g/mol. The summed E-state index contributed by atoms with van der Waals surface area (Å²) < 4.78 is 0. The van der Waals surface area contributed by atoms with E-state index in [0.29, 0.717) is 17.3 Å². The van der Waals surface area contributed by atoms with Gasteiger partial charge in [0.2, 0.25) is 0 Å². The van der Waals surface area contributed by atoms with E-state index in [1.54, 1.807) is 13.0 Å². The van der Waals surface area contributed by atoms with E-state index in [1.165, 1.54) is 12.1 Å². The third-order valence-electron chi connectivity index (χ3n) is 3.22. The molecule has 0 bridgehead atoms. The lowest BCUT2D eigenvalue weighted by atomic mass is 10.2. The van der Waals surface area contributed by atoms with Gasteiger partial charge in [0.1, 0.15) is 28.6 Å². The molecule has 0 radical (unpaired) electrons. The number of carboxylic acid groups (broad SMARTS) is 1. The van der Waals surface area contributed by atoms with Crippen LogP contribution in [-0.4, -0.2) is 31.1 Å². The van der Waals surface area contributed by atoms with Crippen molar-refractivity contribution in [2.75, 3.05) is 5.32 Å². The maximum Gasteiger partial charge on any atom is 0.339 e. The number of aromatic nitrogens is 3. The number of hydrogen-bond acceptors (Lipinski definition) is 5. The summed E-state index contributed by atoms with van der Waals surface area (Å²) in [6.45, 7) is 3.71. The Morgan fingerprint density at radius 2 is 2.00 bits per heavy atom. The van der Waals surface area contributed by atoms with Crippen molar-refractivity contribution in [3.8, 4) is 5.75 Å². The summed E-state index contributed by atoms with van der Waals surface area (Å²) in [7, 11) is 0. The van der Waals surface area contributed by atoms with Gasteiger partial charge in [-0.05, 0) is 32.0 Å². The fraction of sp³-hybridized carbons (Fsp3) is 0.133. The van der Waals surface area contributed by atoms with Crippen LogP contribution in [0.1, 0.15) is 21.9 Å². The maximum absolute atomic E-state index is 10.9. The summed E-state index contributed by atoms with van der Waals surface area (Å²) >= 11 is 0. The van der Waals surface area contributed by atoms with E-state index in [-0.39, 0.29) is 11.3 Å². The predicted molar refractivity (Wildman–Crippen MR) is 81.7 cm³/mol. The first-order valence-corrected chi connectivity index (χ1v) is 6.61. The molecule has 0 amide bonds. The van der Waals surface area contributed by atoms with Crippen molar-refractivity contribution < 1.29 is 15.0 Å². The Hall–Kier alpha value is -3.09. The van der Waals surface area contributed by atoms with Crippen molar-refractivity contribution in [1.82, 2.24) is 15.0 Å². The lowest BCUT2D eigenvalue weighted by Gasteiger charge is -2.09. The van der Waals surface area contributed by atoms with Crippen LogP contribution < -0.4 is 5.32 Å². The second kappa shape index (κ2) is 5.03. The summed E-state index contributed by atoms with van der Waals surface area (Å²) in [5.74, 6) is -0.284. The highest BCUT2D eigenvalue weighted by Gasteiger charge is 2.12. The van der Waals surface area contributed by atoms with Crippen LogP contribution in [0.3, 0.4) is 0 Å². The smallest absolute Gasteiger partial charge is 0.339 e. The average Bonchev–Trinajstić information content (AvgIpc) is 2.78. The van der Waals surface area contributed by atoms with Gasteiger partial charge in [-0.25, -0.2) is 14.8 Å². The van der Waals surface area contributed by atoms with Gasteiger partial charge in [0.15, 0.2) is 0 Å². The molecule has 7 nitrogen and oxygen atoms in total. The third-order valence-corrected chi connectivity index (χ3v) is 3.22. The van der Waals surface area contributed by atoms with Crippen molar-refractivity contribution in [2.24, 2.45) is 0 Å². The lowest BCUT2D eigenvalue weighted by molar-refractivity contribution is 0.0694. The van der Waals surface area contributed by atoms with Crippen LogP contribution in [0.25, 0.3) is 11.0 Å². The van der Waals surface area contributed by atoms with Crippen molar-refractivity contribution >= 4 is 28.5 Å². The third kappa shape index (κ3) is 2.44. The predicted octanol–water partition coefficient (Wildman–Crippen LogP) is 2.72. The van der Waals surface area contributed by atoms with Crippen LogP contribution in [0.15, 0.2) is 24.3 Å². The largest absolute Gasteiger partial charge is 0.507 e. The number of aromatic hydroxyl groups is 1. The first-order valence-electron chi connectivity index (χ1n) is 6.61. The van der Waals surface area contributed by atoms with Gasteiger partial charge < -0.3 is 20.5 Å². The lowest BCUT2D eigenvalue weighted by Crippen LogP contribution is -2.00. The van der Waals surface area contributed by atoms with E-state index in [9.17, 15) is 9.90 Å². The Bertz CT molecular complexity index is 886. The number of carboxylic acids is 1. The molecule has 0 fully saturated rings. The number of H-pyrrole nitrogens is 1. The van der Waals surface area contributed by atoms with E-state index in [0.717, 1.165) is 16.7 Å². The molecule has 0 aliphatic heterocycles. The second-order valence-corrected chi connectivity index (χ2v) is 5.00. The minimum absolute atomic E-state index is 0.146. The Balaban J connectivity index is 2.03. The Morgan fingerprint density at radius 3 is 2.68 bits per heavy atom. The minimum Gasteiger partial charge on any atom is -0.507 e. The molecule has 0 spiro atoms. The van der Waals surface area contributed by atoms with Crippen molar-refractivity contribution in [2.45, 2.75) is 13.8 Å². The molecule has 0 aliphatic carbocycles. The van der Waals surface area contributed by atoms with Gasteiger partial charge in [0.25, 0.3) is 0 Å². The molecule has 2 aromatic heterocycles. The van der Waals surface area contributed by atoms with Gasteiger partial charge in [-0.3, -0.25) is 0 Å². The Kier molecular flexibility index (Phi) is 3.17. The van der Waals surface area contributed by atoms with Crippen LogP contribution in [-0.2, 0) is 0 Å². The van der Waals surface area contributed by atoms with Crippen LogP contribution in [0.2, 0.25) is 0 Å². The van der Waals surface area contributed by atoms with E-state index in [1.807, 2.05) is 13.0 Å². The maximum atomic E-state index is 10.9. The van der Waals surface area contributed by atoms with Crippen molar-refractivity contribution in [1.29, 1.82) is 0 Å². The molecule has 3 aromatic rings. The molecular formula is C15H14N4O3. The topological polar surface area (TPSA) is 111 Å². The zero-order chi connectivity index (χ0) is 15.9. The number of aromatic carboxylic acids is 1. The van der Waals surface area contributed by atoms with E-state index < -0.39 is 5.97 Å². The van der Waals surface area contributed by atoms with E-state index in [2.05, 4.69) is 20.3 Å². The minimum atomic E-state index is -1.18. The number of carbonyl (C=O) groups is 1. The molecule has 2 heterocycles. The molecule has 1 aromatic carbocycles. The Labute approximate surface area is 125 Å². The van der Waals surface area contributed by atoms with Gasteiger partial charge in [-0.2, -0.15) is 0 Å². The molecule has 4 N–H and O–H groups in total. The highest BCUT2D eigenvalue weighted by Crippen LogP contribution is 2.27. The first-order chi connectivity index (χ1) is 10.4. The molecule has 22 heavy (non-hydrogen) atoms. The number of nitrogens with one attached hydrogen (secondary N) is 2. The fourth-order valence-corrected chi connectivity index (χ4v) is 2.27. The number of aromatic amines is 1. The van der Waals surface area contributed by atoms with Gasteiger partial charge in [-0.1, -0.05) is 0 Å². The molecule has 0 saturated heterocycles. The monoisotopic (exact) mass is 298 g/mol. The van der Waals surface area contributed by atoms with Gasteiger partial charge >= 0.3 is 5.97 Å². The number of anilines is 2. The van der Waals surface area contributed by atoms with Gasteiger partial charge in [-0.15, -0.1) is 0 Å². The van der Waals surface area contributed by atoms with Crippen molar-refractivity contribution in [3.05, 3.63) is 41.3 Å². The van der Waals surface area contributed by atoms with Crippen LogP contribution in [0.5, 0.6) is 5.75 Å². The summed E-state index contributed by atoms with van der Waals surface area (Å²) in [5, 5.41) is 22.6. The zero-order valence-corrected chi connectivity index (χ0v) is 12.0. The fourth-order valence-electron chi connectivity index (χ4n) is 2.27. The van der Waals surface area contributed by atoms with Crippen LogP contribution in [0, 0.1) is 13.8 Å². The van der Waals surface area contributed by atoms with Crippen molar-refractivity contribution in [3.63, 3.8) is 0 Å². The standard InChI is InChI=1S/C15H14N4O3/c1-7-5-11-13(16-7)17-8(2)18-14(11)19-9-3-4-10(15(21)22)12(20)6-9/h3-6,20H,1-2H3,(H,21,22)(H2,16,17,18,19). The summed E-state index contributed by atoms with van der Waals surface area (Å²) in [4.78, 5) is 22.7. The second-order valence-electron chi connectivity index (χ2n) is 5.00. The highest BCUT2D eigenvalue weighted by molar-refractivity contribution is 5.93. The van der Waals surface area contributed by atoms with Gasteiger partial charge in [0.05, 0.1) is 5.39 Å². The van der Waals surface area contributed by atoms with Gasteiger partial charge in [0, 0.05) is 17.4 Å². The molecule has 7 heteroatoms. The quantitative estimate of drug-likeness (QED) is 0.591. The molecule has 0 saturated carbocycles. The SMILES string of the molecule is Cc1nc(Nc2ccc(C(=O)O)c(O)c2)c2cc(C)[nH]c2n1. The highest BCUT2D eigenvalue weighted by atomic mass is 16.4. The summed E-state index contributed by atoms with van der Waals surface area (Å²) in [6, 6.07) is 6.19. The van der Waals surface area contributed by atoms with Crippen LogP contribution in [0.4, 0.5) is 11.5 Å². The summed E-state index contributed by atoms with van der Waals surface area (Å²) in [6.07, 6.45) is 0. The number of fused-ring (bicyclic) bond motifs is 1. The molecule has 0 aliphatic rings.